The van der Waals surface area contributed by atoms with Crippen LogP contribution in [0.15, 0.2) is 60.7 Å². The lowest BCUT2D eigenvalue weighted by atomic mass is 10.1. The third-order valence-corrected chi connectivity index (χ3v) is 5.02. The highest BCUT2D eigenvalue weighted by atomic mass is 35.5. The number of allylic oxidation sites excluding steroid dienone is 1. The number of hydrogen-bond acceptors (Lipinski definition) is 4. The number of nitrogens with zero attached hydrogens (tertiary/aromatic N) is 2. The predicted molar refractivity (Wildman–Crippen MR) is 123 cm³/mol. The van der Waals surface area contributed by atoms with Gasteiger partial charge in [0, 0.05) is 44.4 Å². The van der Waals surface area contributed by atoms with E-state index >= 15 is 0 Å². The molecule has 6 heteroatoms. The Morgan fingerprint density at radius 3 is 1.93 bits per heavy atom. The van der Waals surface area contributed by atoms with Gasteiger partial charge in [-0.15, -0.1) is 12.4 Å². The van der Waals surface area contributed by atoms with Crippen LogP contribution >= 0.6 is 12.4 Å². The van der Waals surface area contributed by atoms with Crippen LogP contribution in [-0.2, 0) is 11.3 Å². The lowest BCUT2D eigenvalue weighted by Crippen LogP contribution is -2.43. The van der Waals surface area contributed by atoms with Gasteiger partial charge in [0.05, 0.1) is 0 Å². The SMILES string of the molecule is CN1CCN(Cc2ccc(C(=O)/C=C/c3ccc(/C=C/C(=O)O)cc3)cc2)CC1.Cl. The molecule has 5 nitrogen and oxygen atoms in total. The summed E-state index contributed by atoms with van der Waals surface area (Å²) in [4.78, 5) is 27.7. The Morgan fingerprint density at radius 2 is 1.40 bits per heavy atom. The number of rotatable bonds is 7. The number of hydrogen-bond donors (Lipinski definition) is 1. The molecular formula is C24H27ClN2O3. The van der Waals surface area contributed by atoms with E-state index in [1.165, 1.54) is 11.6 Å². The van der Waals surface area contributed by atoms with E-state index in [-0.39, 0.29) is 18.2 Å². The van der Waals surface area contributed by atoms with Crippen molar-refractivity contribution in [2.75, 3.05) is 33.2 Å². The summed E-state index contributed by atoms with van der Waals surface area (Å²) >= 11 is 0. The summed E-state index contributed by atoms with van der Waals surface area (Å²) in [5, 5.41) is 8.65. The van der Waals surface area contributed by atoms with Crippen LogP contribution in [0.5, 0.6) is 0 Å². The quantitative estimate of drug-likeness (QED) is 0.538. The average Bonchev–Trinajstić information content (AvgIpc) is 2.73. The molecule has 0 aromatic heterocycles. The van der Waals surface area contributed by atoms with E-state index in [2.05, 4.69) is 16.8 Å². The van der Waals surface area contributed by atoms with Gasteiger partial charge in [0.1, 0.15) is 0 Å². The molecule has 2 aromatic carbocycles. The average molecular weight is 427 g/mol. The third kappa shape index (κ3) is 7.26. The summed E-state index contributed by atoms with van der Waals surface area (Å²) < 4.78 is 0. The van der Waals surface area contributed by atoms with E-state index in [0.717, 1.165) is 49.9 Å². The van der Waals surface area contributed by atoms with Crippen molar-refractivity contribution in [2.45, 2.75) is 6.54 Å². The van der Waals surface area contributed by atoms with Crippen LogP contribution in [0, 0.1) is 0 Å². The number of carboxylic acids is 1. The molecular weight excluding hydrogens is 400 g/mol. The maximum Gasteiger partial charge on any atom is 0.328 e. The van der Waals surface area contributed by atoms with E-state index in [0.29, 0.717) is 5.56 Å². The van der Waals surface area contributed by atoms with Crippen LogP contribution in [0.2, 0.25) is 0 Å². The second-order valence-corrected chi connectivity index (χ2v) is 7.31. The van der Waals surface area contributed by atoms with Crippen LogP contribution < -0.4 is 0 Å². The van der Waals surface area contributed by atoms with Crippen LogP contribution in [0.25, 0.3) is 12.2 Å². The maximum absolute atomic E-state index is 12.4. The van der Waals surface area contributed by atoms with Crippen molar-refractivity contribution in [2.24, 2.45) is 0 Å². The molecule has 1 aliphatic rings. The van der Waals surface area contributed by atoms with Gasteiger partial charge in [0.15, 0.2) is 5.78 Å². The summed E-state index contributed by atoms with van der Waals surface area (Å²) in [7, 11) is 2.15. The molecule has 0 spiro atoms. The zero-order valence-electron chi connectivity index (χ0n) is 17.0. The molecule has 158 valence electrons. The van der Waals surface area contributed by atoms with Crippen molar-refractivity contribution < 1.29 is 14.7 Å². The number of carbonyl (C=O) groups excluding carboxylic acids is 1. The number of aliphatic carboxylic acids is 1. The fourth-order valence-electron chi connectivity index (χ4n) is 3.19. The highest BCUT2D eigenvalue weighted by molar-refractivity contribution is 6.06. The van der Waals surface area contributed by atoms with Gasteiger partial charge >= 0.3 is 5.97 Å². The summed E-state index contributed by atoms with van der Waals surface area (Å²) in [6, 6.07) is 15.2. The normalized spacial score (nSPS) is 15.4. The zero-order valence-corrected chi connectivity index (χ0v) is 17.8. The first-order valence-corrected chi connectivity index (χ1v) is 9.73. The Kier molecular flexibility index (Phi) is 8.99. The Hall–Kier alpha value is -2.73. The first-order chi connectivity index (χ1) is 14.0. The smallest absolute Gasteiger partial charge is 0.328 e. The Bertz CT molecular complexity index is 897. The van der Waals surface area contributed by atoms with Gasteiger partial charge in [-0.05, 0) is 35.9 Å². The second-order valence-electron chi connectivity index (χ2n) is 7.31. The molecule has 1 saturated heterocycles. The minimum absolute atomic E-state index is 0. The molecule has 0 atom stereocenters. The minimum Gasteiger partial charge on any atom is -0.478 e. The van der Waals surface area contributed by atoms with Crippen molar-refractivity contribution >= 4 is 36.3 Å². The van der Waals surface area contributed by atoms with Crippen LogP contribution in [0.1, 0.15) is 27.0 Å². The van der Waals surface area contributed by atoms with Gasteiger partial charge in [-0.3, -0.25) is 9.69 Å². The molecule has 0 aliphatic carbocycles. The minimum atomic E-state index is -0.978. The zero-order chi connectivity index (χ0) is 20.6. The lowest BCUT2D eigenvalue weighted by Gasteiger charge is -2.32. The standard InChI is InChI=1S/C24H26N2O3.ClH/c1-25-14-16-26(17-15-25)18-21-6-10-22(11-7-21)23(27)12-8-19-2-4-20(5-3-19)9-13-24(28)29;/h2-13H,14-18H2,1H3,(H,28,29);1H/b12-8+,13-9+;. The van der Waals surface area contributed by atoms with Crippen LogP contribution in [0.3, 0.4) is 0 Å². The third-order valence-electron chi connectivity index (χ3n) is 5.02. The number of carboxylic acid groups (broad SMARTS) is 1. The fourth-order valence-corrected chi connectivity index (χ4v) is 3.19. The molecule has 1 fully saturated rings. The Balaban J connectivity index is 0.00000320. The van der Waals surface area contributed by atoms with Gasteiger partial charge in [0.2, 0.25) is 0 Å². The molecule has 0 radical (unpaired) electrons. The number of carbonyl (C=O) groups is 2. The molecule has 1 aliphatic heterocycles. The van der Waals surface area contributed by atoms with Crippen molar-refractivity contribution in [3.8, 4) is 0 Å². The topological polar surface area (TPSA) is 60.9 Å². The Morgan fingerprint density at radius 1 is 0.867 bits per heavy atom. The van der Waals surface area contributed by atoms with E-state index < -0.39 is 5.97 Å². The molecule has 1 heterocycles. The molecule has 0 amide bonds. The number of benzene rings is 2. The fraction of sp³-hybridized carbons (Fsp3) is 0.250. The monoisotopic (exact) mass is 426 g/mol. The molecule has 3 rings (SSSR count). The first-order valence-electron chi connectivity index (χ1n) is 9.73. The van der Waals surface area contributed by atoms with E-state index in [1.54, 1.807) is 12.2 Å². The summed E-state index contributed by atoms with van der Waals surface area (Å²) in [5.41, 5.74) is 3.58. The van der Waals surface area contributed by atoms with Gasteiger partial charge in [-0.2, -0.15) is 0 Å². The van der Waals surface area contributed by atoms with Gasteiger partial charge in [-0.1, -0.05) is 54.6 Å². The highest BCUT2D eigenvalue weighted by Crippen LogP contribution is 2.12. The molecule has 0 bridgehead atoms. The van der Waals surface area contributed by atoms with Gasteiger partial charge in [0.25, 0.3) is 0 Å². The van der Waals surface area contributed by atoms with Crippen molar-refractivity contribution in [1.29, 1.82) is 0 Å². The molecule has 0 unspecified atom stereocenters. The number of likely N-dealkylation sites (N-methyl/N-ethyl adjacent to an activating group) is 1. The summed E-state index contributed by atoms with van der Waals surface area (Å²) in [6.45, 7) is 5.26. The van der Waals surface area contributed by atoms with Crippen LogP contribution in [0.4, 0.5) is 0 Å². The molecule has 1 N–H and O–H groups in total. The van der Waals surface area contributed by atoms with Crippen molar-refractivity contribution in [3.63, 3.8) is 0 Å². The van der Waals surface area contributed by atoms with E-state index in [9.17, 15) is 9.59 Å². The summed E-state index contributed by atoms with van der Waals surface area (Å²) in [6.07, 6.45) is 5.97. The number of halogens is 1. The van der Waals surface area contributed by atoms with E-state index in [4.69, 9.17) is 5.11 Å². The van der Waals surface area contributed by atoms with Crippen LogP contribution in [-0.4, -0.2) is 59.9 Å². The number of piperazine rings is 1. The highest BCUT2D eigenvalue weighted by Gasteiger charge is 2.13. The number of ketones is 1. The molecule has 0 saturated carbocycles. The molecule has 30 heavy (non-hydrogen) atoms. The second kappa shape index (κ2) is 11.5. The van der Waals surface area contributed by atoms with Crippen molar-refractivity contribution in [3.05, 3.63) is 82.9 Å². The molecule has 2 aromatic rings. The predicted octanol–water partition coefficient (Wildman–Crippen LogP) is 3.85. The Labute approximate surface area is 183 Å². The van der Waals surface area contributed by atoms with E-state index in [1.807, 2.05) is 48.5 Å². The summed E-state index contributed by atoms with van der Waals surface area (Å²) in [5.74, 6) is -1.01. The lowest BCUT2D eigenvalue weighted by molar-refractivity contribution is -0.131. The van der Waals surface area contributed by atoms with Gasteiger partial charge in [-0.25, -0.2) is 4.79 Å². The maximum atomic E-state index is 12.4. The van der Waals surface area contributed by atoms with Gasteiger partial charge < -0.3 is 10.0 Å². The largest absolute Gasteiger partial charge is 0.478 e. The first kappa shape index (κ1) is 23.5. The van der Waals surface area contributed by atoms with Crippen molar-refractivity contribution in [1.82, 2.24) is 9.80 Å².